The standard InChI is InChI=1S/C20H23BrN6O/c1-2-26-13-23-24-18(26)10-11-22-20(28)19-16-8-3-4-9-17(16)27(25-19)15-7-5-6-14(21)12-15/h5-7,12-13H,2-4,8-11H2,1H3,(H,22,28). The second kappa shape index (κ2) is 8.26. The maximum atomic E-state index is 12.9. The summed E-state index contributed by atoms with van der Waals surface area (Å²) in [5.41, 5.74) is 3.76. The van der Waals surface area contributed by atoms with Crippen molar-refractivity contribution in [2.45, 2.75) is 45.6 Å². The highest BCUT2D eigenvalue weighted by Gasteiger charge is 2.25. The van der Waals surface area contributed by atoms with Crippen LogP contribution in [0.15, 0.2) is 35.1 Å². The van der Waals surface area contributed by atoms with Gasteiger partial charge in [0.05, 0.1) is 5.69 Å². The Morgan fingerprint density at radius 2 is 2.14 bits per heavy atom. The largest absolute Gasteiger partial charge is 0.350 e. The smallest absolute Gasteiger partial charge is 0.272 e. The Hall–Kier alpha value is -2.48. The van der Waals surface area contributed by atoms with Crippen molar-refractivity contribution >= 4 is 21.8 Å². The first-order valence-corrected chi connectivity index (χ1v) is 10.5. The van der Waals surface area contributed by atoms with E-state index >= 15 is 0 Å². The predicted octanol–water partition coefficient (Wildman–Crippen LogP) is 3.10. The number of hydrogen-bond acceptors (Lipinski definition) is 4. The number of hydrogen-bond donors (Lipinski definition) is 1. The summed E-state index contributed by atoms with van der Waals surface area (Å²) >= 11 is 3.52. The van der Waals surface area contributed by atoms with Crippen LogP contribution < -0.4 is 5.32 Å². The number of halogens is 1. The van der Waals surface area contributed by atoms with Crippen molar-refractivity contribution < 1.29 is 4.79 Å². The molecule has 0 fully saturated rings. The van der Waals surface area contributed by atoms with E-state index in [1.54, 1.807) is 6.33 Å². The highest BCUT2D eigenvalue weighted by Crippen LogP contribution is 2.27. The predicted molar refractivity (Wildman–Crippen MR) is 110 cm³/mol. The number of amides is 1. The molecule has 1 aromatic carbocycles. The highest BCUT2D eigenvalue weighted by molar-refractivity contribution is 9.10. The van der Waals surface area contributed by atoms with E-state index in [-0.39, 0.29) is 5.91 Å². The number of nitrogens with zero attached hydrogens (tertiary/aromatic N) is 5. The summed E-state index contributed by atoms with van der Waals surface area (Å²) in [4.78, 5) is 12.9. The third-order valence-corrected chi connectivity index (χ3v) is 5.61. The summed E-state index contributed by atoms with van der Waals surface area (Å²) in [5, 5.41) is 15.8. The van der Waals surface area contributed by atoms with Crippen molar-refractivity contribution in [2.75, 3.05) is 6.54 Å². The third kappa shape index (κ3) is 3.73. The molecular formula is C20H23BrN6O. The first kappa shape index (κ1) is 18.9. The molecule has 28 heavy (non-hydrogen) atoms. The molecule has 2 heterocycles. The van der Waals surface area contributed by atoms with E-state index in [1.807, 2.05) is 40.4 Å². The van der Waals surface area contributed by atoms with Gasteiger partial charge >= 0.3 is 0 Å². The Kier molecular flexibility index (Phi) is 5.57. The summed E-state index contributed by atoms with van der Waals surface area (Å²) < 4.78 is 4.91. The van der Waals surface area contributed by atoms with E-state index in [9.17, 15) is 4.79 Å². The summed E-state index contributed by atoms with van der Waals surface area (Å²) in [6, 6.07) is 8.02. The van der Waals surface area contributed by atoms with Crippen LogP contribution in [0.4, 0.5) is 0 Å². The van der Waals surface area contributed by atoms with Crippen LogP contribution in [-0.2, 0) is 25.8 Å². The minimum atomic E-state index is -0.116. The maximum Gasteiger partial charge on any atom is 0.272 e. The summed E-state index contributed by atoms with van der Waals surface area (Å²) in [6.45, 7) is 3.38. The lowest BCUT2D eigenvalue weighted by Gasteiger charge is -2.14. The van der Waals surface area contributed by atoms with E-state index in [4.69, 9.17) is 5.10 Å². The van der Waals surface area contributed by atoms with Gasteiger partial charge in [-0.25, -0.2) is 4.68 Å². The average Bonchev–Trinajstić information content (AvgIpc) is 3.32. The minimum Gasteiger partial charge on any atom is -0.350 e. The van der Waals surface area contributed by atoms with Crippen molar-refractivity contribution in [3.63, 3.8) is 0 Å². The molecule has 8 heteroatoms. The summed E-state index contributed by atoms with van der Waals surface area (Å²) in [5.74, 6) is 0.763. The molecule has 1 N–H and O–H groups in total. The fraction of sp³-hybridized carbons (Fsp3) is 0.400. The number of benzene rings is 1. The molecule has 0 saturated carbocycles. The van der Waals surface area contributed by atoms with Crippen LogP contribution in [0.3, 0.4) is 0 Å². The van der Waals surface area contributed by atoms with Crippen molar-refractivity contribution in [2.24, 2.45) is 0 Å². The summed E-state index contributed by atoms with van der Waals surface area (Å²) in [6.07, 6.45) is 6.43. The molecular weight excluding hydrogens is 420 g/mol. The lowest BCUT2D eigenvalue weighted by atomic mass is 9.95. The molecule has 3 aromatic rings. The number of rotatable bonds is 6. The quantitative estimate of drug-likeness (QED) is 0.635. The Morgan fingerprint density at radius 1 is 1.29 bits per heavy atom. The molecule has 0 aliphatic heterocycles. The molecule has 0 unspecified atom stereocenters. The SMILES string of the molecule is CCn1cnnc1CCNC(=O)c1nn(-c2cccc(Br)c2)c2c1CCCC2. The maximum absolute atomic E-state index is 12.9. The van der Waals surface area contributed by atoms with Gasteiger partial charge < -0.3 is 9.88 Å². The summed E-state index contributed by atoms with van der Waals surface area (Å²) in [7, 11) is 0. The Morgan fingerprint density at radius 3 is 2.96 bits per heavy atom. The van der Waals surface area contributed by atoms with E-state index in [1.165, 1.54) is 0 Å². The molecule has 2 aromatic heterocycles. The van der Waals surface area contributed by atoms with Gasteiger partial charge in [0, 0.05) is 35.2 Å². The molecule has 0 bridgehead atoms. The molecule has 0 saturated heterocycles. The van der Waals surface area contributed by atoms with E-state index in [2.05, 4.69) is 31.4 Å². The molecule has 1 aliphatic carbocycles. The normalized spacial score (nSPS) is 13.4. The van der Waals surface area contributed by atoms with Crippen LogP contribution in [0.5, 0.6) is 0 Å². The topological polar surface area (TPSA) is 77.6 Å². The molecule has 1 aliphatic rings. The Balaban J connectivity index is 1.54. The van der Waals surface area contributed by atoms with Gasteiger partial charge in [0.1, 0.15) is 12.2 Å². The van der Waals surface area contributed by atoms with Gasteiger partial charge in [-0.15, -0.1) is 10.2 Å². The van der Waals surface area contributed by atoms with Crippen LogP contribution in [0, 0.1) is 0 Å². The van der Waals surface area contributed by atoms with Crippen molar-refractivity contribution in [1.29, 1.82) is 0 Å². The molecule has 4 rings (SSSR count). The molecule has 0 radical (unpaired) electrons. The van der Waals surface area contributed by atoms with Crippen LogP contribution in [0.25, 0.3) is 5.69 Å². The lowest BCUT2D eigenvalue weighted by molar-refractivity contribution is 0.0947. The molecule has 1 amide bonds. The van der Waals surface area contributed by atoms with Crippen molar-refractivity contribution in [1.82, 2.24) is 29.9 Å². The fourth-order valence-electron chi connectivity index (χ4n) is 3.71. The van der Waals surface area contributed by atoms with Crippen LogP contribution in [0.2, 0.25) is 0 Å². The van der Waals surface area contributed by atoms with Crippen LogP contribution in [0.1, 0.15) is 47.3 Å². The monoisotopic (exact) mass is 442 g/mol. The zero-order valence-corrected chi connectivity index (χ0v) is 17.4. The first-order valence-electron chi connectivity index (χ1n) is 9.69. The number of fused-ring (bicyclic) bond motifs is 1. The Labute approximate surface area is 172 Å². The first-order chi connectivity index (χ1) is 13.7. The zero-order valence-electron chi connectivity index (χ0n) is 15.9. The zero-order chi connectivity index (χ0) is 19.5. The third-order valence-electron chi connectivity index (χ3n) is 5.12. The lowest BCUT2D eigenvalue weighted by Crippen LogP contribution is -2.28. The number of aryl methyl sites for hydroxylation is 1. The van der Waals surface area contributed by atoms with Gasteiger partial charge in [-0.1, -0.05) is 22.0 Å². The van der Waals surface area contributed by atoms with Gasteiger partial charge in [-0.3, -0.25) is 4.79 Å². The van der Waals surface area contributed by atoms with Crippen LogP contribution in [-0.4, -0.2) is 37.0 Å². The molecule has 0 atom stereocenters. The number of carbonyl (C=O) groups is 1. The van der Waals surface area contributed by atoms with Crippen LogP contribution >= 0.6 is 15.9 Å². The molecule has 146 valence electrons. The second-order valence-electron chi connectivity index (χ2n) is 6.91. The van der Waals surface area contributed by atoms with Crippen molar-refractivity contribution in [3.05, 3.63) is 57.8 Å². The van der Waals surface area contributed by atoms with Gasteiger partial charge in [0.25, 0.3) is 5.91 Å². The number of carbonyl (C=O) groups excluding carboxylic acids is 1. The van der Waals surface area contributed by atoms with E-state index in [0.29, 0.717) is 18.7 Å². The van der Waals surface area contributed by atoms with E-state index < -0.39 is 0 Å². The van der Waals surface area contributed by atoms with Gasteiger partial charge in [-0.05, 0) is 50.8 Å². The van der Waals surface area contributed by atoms with Gasteiger partial charge in [-0.2, -0.15) is 5.10 Å². The molecule has 0 spiro atoms. The average molecular weight is 443 g/mol. The molecule has 7 nitrogen and oxygen atoms in total. The Bertz CT molecular complexity index is 992. The van der Waals surface area contributed by atoms with Gasteiger partial charge in [0.15, 0.2) is 5.69 Å². The fourth-order valence-corrected chi connectivity index (χ4v) is 4.10. The van der Waals surface area contributed by atoms with Crippen molar-refractivity contribution in [3.8, 4) is 5.69 Å². The van der Waals surface area contributed by atoms with E-state index in [0.717, 1.165) is 59.5 Å². The number of aromatic nitrogens is 5. The minimum absolute atomic E-state index is 0.116. The van der Waals surface area contributed by atoms with Gasteiger partial charge in [0.2, 0.25) is 0 Å². The number of nitrogens with one attached hydrogen (secondary N) is 1. The highest BCUT2D eigenvalue weighted by atomic mass is 79.9. The second-order valence-corrected chi connectivity index (χ2v) is 7.83.